The van der Waals surface area contributed by atoms with Crippen molar-refractivity contribution >= 4 is 5.91 Å². The fraction of sp³-hybridized carbons (Fsp3) is 0.583. The molecule has 0 saturated carbocycles. The topological polar surface area (TPSA) is 29.1 Å². The highest BCUT2D eigenvalue weighted by atomic mass is 16.1. The maximum absolute atomic E-state index is 11.7. The van der Waals surface area contributed by atoms with E-state index in [9.17, 15) is 4.79 Å². The van der Waals surface area contributed by atoms with Crippen LogP contribution in [0.25, 0.3) is 0 Å². The minimum Gasteiger partial charge on any atom is -0.352 e. The van der Waals surface area contributed by atoms with E-state index in [1.165, 1.54) is 0 Å². The number of rotatable bonds is 3. The quantitative estimate of drug-likeness (QED) is 0.535. The molecule has 0 bridgehead atoms. The number of carbonyl (C=O) groups is 1. The summed E-state index contributed by atoms with van der Waals surface area (Å²) in [5, 5.41) is 2.94. The molecule has 0 radical (unpaired) electrons. The van der Waals surface area contributed by atoms with Crippen LogP contribution < -0.4 is 5.32 Å². The molecule has 1 aliphatic rings. The highest BCUT2D eigenvalue weighted by Crippen LogP contribution is 2.18. The summed E-state index contributed by atoms with van der Waals surface area (Å²) in [6.07, 6.45) is 12.8. The van der Waals surface area contributed by atoms with Crippen molar-refractivity contribution in [1.82, 2.24) is 5.32 Å². The number of carbonyl (C=O) groups excluding carboxylic acids is 1. The van der Waals surface area contributed by atoms with Crippen molar-refractivity contribution in [3.8, 4) is 12.3 Å². The molecule has 0 aromatic rings. The van der Waals surface area contributed by atoms with E-state index in [1.54, 1.807) is 0 Å². The highest BCUT2D eigenvalue weighted by Gasteiger charge is 2.19. The smallest absolute Gasteiger partial charge is 0.223 e. The molecule has 1 N–H and O–H groups in total. The number of allylic oxidation sites excluding steroid dienone is 2. The fourth-order valence-electron chi connectivity index (χ4n) is 1.62. The minimum absolute atomic E-state index is 0.0957. The van der Waals surface area contributed by atoms with Crippen LogP contribution in [-0.4, -0.2) is 11.9 Å². The predicted octanol–water partition coefficient (Wildman–Crippen LogP) is 1.87. The Kier molecular flexibility index (Phi) is 4.25. The second-order valence-electron chi connectivity index (χ2n) is 3.80. The monoisotopic (exact) mass is 191 g/mol. The van der Waals surface area contributed by atoms with Crippen molar-refractivity contribution in [2.45, 2.75) is 38.6 Å². The van der Waals surface area contributed by atoms with Gasteiger partial charge in [-0.2, -0.15) is 0 Å². The second-order valence-corrected chi connectivity index (χ2v) is 3.80. The van der Waals surface area contributed by atoms with Crippen molar-refractivity contribution in [1.29, 1.82) is 0 Å². The first-order chi connectivity index (χ1) is 6.74. The molecule has 0 fully saturated rings. The Morgan fingerprint density at radius 2 is 2.50 bits per heavy atom. The van der Waals surface area contributed by atoms with Crippen LogP contribution in [0.3, 0.4) is 0 Å². The van der Waals surface area contributed by atoms with Crippen molar-refractivity contribution in [3.05, 3.63) is 12.2 Å². The summed E-state index contributed by atoms with van der Waals surface area (Å²) in [6.45, 7) is 1.94. The Balaban J connectivity index is 2.34. The number of hydrogen-bond acceptors (Lipinski definition) is 1. The van der Waals surface area contributed by atoms with E-state index in [4.69, 9.17) is 6.42 Å². The van der Waals surface area contributed by atoms with Crippen LogP contribution in [0.1, 0.15) is 32.6 Å². The molecule has 0 spiro atoms. The lowest BCUT2D eigenvalue weighted by molar-refractivity contribution is -0.125. The molecule has 1 rings (SSSR count). The van der Waals surface area contributed by atoms with Gasteiger partial charge in [0.2, 0.25) is 5.91 Å². The van der Waals surface area contributed by atoms with Gasteiger partial charge in [-0.25, -0.2) is 0 Å². The zero-order chi connectivity index (χ0) is 10.4. The van der Waals surface area contributed by atoms with E-state index in [0.717, 1.165) is 19.3 Å². The van der Waals surface area contributed by atoms with Crippen LogP contribution in [0.15, 0.2) is 12.2 Å². The summed E-state index contributed by atoms with van der Waals surface area (Å²) >= 11 is 0. The Labute approximate surface area is 85.8 Å². The summed E-state index contributed by atoms with van der Waals surface area (Å²) in [5.41, 5.74) is 0. The van der Waals surface area contributed by atoms with Crippen LogP contribution in [0, 0.1) is 18.3 Å². The molecule has 2 heteroatoms. The van der Waals surface area contributed by atoms with Crippen molar-refractivity contribution in [2.24, 2.45) is 5.92 Å². The first-order valence-electron chi connectivity index (χ1n) is 5.13. The van der Waals surface area contributed by atoms with Crippen molar-refractivity contribution in [2.75, 3.05) is 0 Å². The fourth-order valence-corrected chi connectivity index (χ4v) is 1.62. The zero-order valence-electron chi connectivity index (χ0n) is 8.62. The zero-order valence-corrected chi connectivity index (χ0v) is 8.62. The van der Waals surface area contributed by atoms with Gasteiger partial charge in [-0.3, -0.25) is 4.79 Å². The van der Waals surface area contributed by atoms with E-state index >= 15 is 0 Å². The highest BCUT2D eigenvalue weighted by molar-refractivity contribution is 5.79. The van der Waals surface area contributed by atoms with Gasteiger partial charge >= 0.3 is 0 Å². The Bertz CT molecular complexity index is 262. The first kappa shape index (κ1) is 10.8. The van der Waals surface area contributed by atoms with Crippen molar-refractivity contribution < 1.29 is 4.79 Å². The Morgan fingerprint density at radius 1 is 1.71 bits per heavy atom. The van der Waals surface area contributed by atoms with Crippen LogP contribution in [0.5, 0.6) is 0 Å². The number of hydrogen-bond donors (Lipinski definition) is 1. The van der Waals surface area contributed by atoms with Crippen molar-refractivity contribution in [3.63, 3.8) is 0 Å². The largest absolute Gasteiger partial charge is 0.352 e. The van der Waals surface area contributed by atoms with Gasteiger partial charge in [0.15, 0.2) is 0 Å². The number of terminal acetylenes is 1. The SMILES string of the molecule is C#CCC(C)NC(=O)C1CC=CCC1. The molecule has 0 saturated heterocycles. The minimum atomic E-state index is 0.0957. The van der Waals surface area contributed by atoms with Gasteiger partial charge in [0, 0.05) is 18.4 Å². The molecule has 2 unspecified atom stereocenters. The van der Waals surface area contributed by atoms with Crippen LogP contribution in [0.4, 0.5) is 0 Å². The van der Waals surface area contributed by atoms with E-state index in [0.29, 0.717) is 6.42 Å². The molecule has 1 aliphatic carbocycles. The maximum atomic E-state index is 11.7. The van der Waals surface area contributed by atoms with Gasteiger partial charge < -0.3 is 5.32 Å². The third-order valence-electron chi connectivity index (χ3n) is 2.45. The number of nitrogens with one attached hydrogen (secondary N) is 1. The van der Waals surface area contributed by atoms with Gasteiger partial charge in [0.05, 0.1) is 0 Å². The molecule has 2 nitrogen and oxygen atoms in total. The number of amides is 1. The lowest BCUT2D eigenvalue weighted by atomic mass is 9.93. The lowest BCUT2D eigenvalue weighted by Gasteiger charge is -2.19. The molecule has 0 aliphatic heterocycles. The second kappa shape index (κ2) is 5.49. The first-order valence-corrected chi connectivity index (χ1v) is 5.13. The summed E-state index contributed by atoms with van der Waals surface area (Å²) in [6, 6.07) is 0.0957. The lowest BCUT2D eigenvalue weighted by Crippen LogP contribution is -2.37. The predicted molar refractivity (Wildman–Crippen MR) is 57.5 cm³/mol. The standard InChI is InChI=1S/C12H17NO/c1-3-7-10(2)13-12(14)11-8-5-4-6-9-11/h1,4-5,10-11H,6-9H2,2H3,(H,13,14). The van der Waals surface area contributed by atoms with E-state index in [-0.39, 0.29) is 17.9 Å². The van der Waals surface area contributed by atoms with Crippen LogP contribution >= 0.6 is 0 Å². The van der Waals surface area contributed by atoms with E-state index in [1.807, 2.05) is 6.92 Å². The molecule has 14 heavy (non-hydrogen) atoms. The van der Waals surface area contributed by atoms with Gasteiger partial charge in [0.1, 0.15) is 0 Å². The van der Waals surface area contributed by atoms with Crippen LogP contribution in [0.2, 0.25) is 0 Å². The van der Waals surface area contributed by atoms with Crippen LogP contribution in [-0.2, 0) is 4.79 Å². The Hall–Kier alpha value is -1.23. The van der Waals surface area contributed by atoms with Gasteiger partial charge in [-0.15, -0.1) is 12.3 Å². The summed E-state index contributed by atoms with van der Waals surface area (Å²) < 4.78 is 0. The van der Waals surface area contributed by atoms with Gasteiger partial charge in [-0.05, 0) is 26.2 Å². The molecular weight excluding hydrogens is 174 g/mol. The molecule has 0 aromatic heterocycles. The summed E-state index contributed by atoms with van der Waals surface area (Å²) in [7, 11) is 0. The third-order valence-corrected chi connectivity index (χ3v) is 2.45. The third kappa shape index (κ3) is 3.26. The molecule has 0 aromatic carbocycles. The van der Waals surface area contributed by atoms with Gasteiger partial charge in [-0.1, -0.05) is 12.2 Å². The molecule has 76 valence electrons. The van der Waals surface area contributed by atoms with E-state index in [2.05, 4.69) is 23.4 Å². The summed E-state index contributed by atoms with van der Waals surface area (Å²) in [5.74, 6) is 2.85. The summed E-state index contributed by atoms with van der Waals surface area (Å²) in [4.78, 5) is 11.7. The molecule has 0 heterocycles. The molecule has 2 atom stereocenters. The average Bonchev–Trinajstić information content (AvgIpc) is 2.19. The van der Waals surface area contributed by atoms with Gasteiger partial charge in [0.25, 0.3) is 0 Å². The Morgan fingerprint density at radius 3 is 3.07 bits per heavy atom. The average molecular weight is 191 g/mol. The maximum Gasteiger partial charge on any atom is 0.223 e. The molecule has 1 amide bonds. The van der Waals surface area contributed by atoms with E-state index < -0.39 is 0 Å². The normalized spacial score (nSPS) is 22.4. The molecular formula is C12H17NO.